The Morgan fingerprint density at radius 3 is 2.71 bits per heavy atom. The number of carbonyl (C=O) groups is 1. The fourth-order valence-electron chi connectivity index (χ4n) is 1.98. The summed E-state index contributed by atoms with van der Waals surface area (Å²) in [4.78, 5) is 26.4. The SMILES string of the molecule is O=C(C=Cc1ccc([N+](=O)[O-])cc1)Nc1nc2ccc(Cl)cc2s1. The first-order valence-corrected chi connectivity index (χ1v) is 8.00. The highest BCUT2D eigenvalue weighted by atomic mass is 35.5. The number of fused-ring (bicyclic) bond motifs is 1. The molecule has 6 nitrogen and oxygen atoms in total. The lowest BCUT2D eigenvalue weighted by Crippen LogP contribution is -2.07. The lowest BCUT2D eigenvalue weighted by molar-refractivity contribution is -0.384. The van der Waals surface area contributed by atoms with Gasteiger partial charge >= 0.3 is 0 Å². The van der Waals surface area contributed by atoms with Crippen molar-refractivity contribution >= 4 is 56.0 Å². The van der Waals surface area contributed by atoms with Crippen LogP contribution in [0.4, 0.5) is 10.8 Å². The van der Waals surface area contributed by atoms with Gasteiger partial charge in [0.25, 0.3) is 5.69 Å². The molecule has 1 aromatic heterocycles. The van der Waals surface area contributed by atoms with E-state index in [9.17, 15) is 14.9 Å². The molecule has 0 aliphatic heterocycles. The second-order valence-electron chi connectivity index (χ2n) is 4.80. The first-order chi connectivity index (χ1) is 11.5. The number of non-ortho nitro benzene ring substituents is 1. The number of thiazole rings is 1. The lowest BCUT2D eigenvalue weighted by Gasteiger charge is -1.96. The molecule has 0 aliphatic rings. The number of aromatic nitrogens is 1. The Bertz CT molecular complexity index is 951. The molecular weight excluding hydrogens is 350 g/mol. The number of benzene rings is 2. The Kier molecular flexibility index (Phi) is 4.54. The van der Waals surface area contributed by atoms with Crippen LogP contribution in [-0.4, -0.2) is 15.8 Å². The first kappa shape index (κ1) is 16.1. The number of nitrogens with zero attached hydrogens (tertiary/aromatic N) is 2. The molecule has 1 heterocycles. The summed E-state index contributed by atoms with van der Waals surface area (Å²) in [5.74, 6) is -0.335. The number of halogens is 1. The highest BCUT2D eigenvalue weighted by Gasteiger charge is 2.07. The molecule has 0 atom stereocenters. The lowest BCUT2D eigenvalue weighted by atomic mass is 10.2. The zero-order valence-electron chi connectivity index (χ0n) is 12.1. The van der Waals surface area contributed by atoms with Crippen molar-refractivity contribution in [3.8, 4) is 0 Å². The molecule has 24 heavy (non-hydrogen) atoms. The molecule has 0 fully saturated rings. The number of nitro benzene ring substituents is 1. The van der Waals surface area contributed by atoms with Crippen LogP contribution in [0.3, 0.4) is 0 Å². The maximum Gasteiger partial charge on any atom is 0.269 e. The van der Waals surface area contributed by atoms with E-state index in [0.29, 0.717) is 15.7 Å². The Morgan fingerprint density at radius 2 is 2.00 bits per heavy atom. The van der Waals surface area contributed by atoms with Crippen LogP contribution in [0.25, 0.3) is 16.3 Å². The van der Waals surface area contributed by atoms with Crippen LogP contribution < -0.4 is 5.32 Å². The quantitative estimate of drug-likeness (QED) is 0.422. The first-order valence-electron chi connectivity index (χ1n) is 6.81. The van der Waals surface area contributed by atoms with Gasteiger partial charge in [-0.1, -0.05) is 22.9 Å². The average Bonchev–Trinajstić information content (AvgIpc) is 2.94. The van der Waals surface area contributed by atoms with Crippen LogP contribution in [0.15, 0.2) is 48.5 Å². The van der Waals surface area contributed by atoms with Crippen LogP contribution in [0.2, 0.25) is 5.02 Å². The van der Waals surface area contributed by atoms with Crippen molar-refractivity contribution in [2.24, 2.45) is 0 Å². The highest BCUT2D eigenvalue weighted by molar-refractivity contribution is 7.22. The Hall–Kier alpha value is -2.77. The fourth-order valence-corrected chi connectivity index (χ4v) is 3.12. The van der Waals surface area contributed by atoms with E-state index in [1.54, 1.807) is 36.4 Å². The average molecular weight is 360 g/mol. The van der Waals surface area contributed by atoms with Gasteiger partial charge in [0.1, 0.15) is 0 Å². The van der Waals surface area contributed by atoms with Crippen LogP contribution >= 0.6 is 22.9 Å². The van der Waals surface area contributed by atoms with Crippen LogP contribution in [0.5, 0.6) is 0 Å². The summed E-state index contributed by atoms with van der Waals surface area (Å²) in [7, 11) is 0. The van der Waals surface area contributed by atoms with Gasteiger partial charge in [-0.2, -0.15) is 0 Å². The molecule has 120 valence electrons. The van der Waals surface area contributed by atoms with Crippen LogP contribution in [0.1, 0.15) is 5.56 Å². The van der Waals surface area contributed by atoms with Crippen LogP contribution in [0, 0.1) is 10.1 Å². The minimum absolute atomic E-state index is 0.00439. The Labute approximate surface area is 145 Å². The number of amides is 1. The summed E-state index contributed by atoms with van der Waals surface area (Å²) >= 11 is 7.25. The van der Waals surface area contributed by atoms with Crippen molar-refractivity contribution < 1.29 is 9.72 Å². The summed E-state index contributed by atoms with van der Waals surface area (Å²) in [6, 6.07) is 11.2. The normalized spacial score (nSPS) is 11.0. The number of anilines is 1. The standard InChI is InChI=1S/C16H10ClN3O3S/c17-11-4-7-13-14(9-11)24-16(18-13)19-15(21)8-3-10-1-5-12(6-2-10)20(22)23/h1-9H,(H,18,19,21). The number of nitrogens with one attached hydrogen (secondary N) is 1. The molecule has 0 bridgehead atoms. The molecule has 1 amide bonds. The van der Waals surface area contributed by atoms with Crippen molar-refractivity contribution in [2.75, 3.05) is 5.32 Å². The van der Waals surface area contributed by atoms with Gasteiger partial charge in [0.15, 0.2) is 5.13 Å². The largest absolute Gasteiger partial charge is 0.298 e. The van der Waals surface area contributed by atoms with Gasteiger partial charge in [-0.25, -0.2) is 4.98 Å². The van der Waals surface area contributed by atoms with Crippen molar-refractivity contribution in [1.82, 2.24) is 4.98 Å². The van der Waals surface area contributed by atoms with Gasteiger partial charge < -0.3 is 0 Å². The molecule has 0 spiro atoms. The number of carbonyl (C=O) groups excluding carboxylic acids is 1. The predicted molar refractivity (Wildman–Crippen MR) is 95.4 cm³/mol. The number of hydrogen-bond donors (Lipinski definition) is 1. The summed E-state index contributed by atoms with van der Waals surface area (Å²) in [6.45, 7) is 0. The minimum Gasteiger partial charge on any atom is -0.298 e. The molecule has 3 rings (SSSR count). The molecule has 1 N–H and O–H groups in total. The number of rotatable bonds is 4. The maximum absolute atomic E-state index is 11.9. The Morgan fingerprint density at radius 1 is 1.25 bits per heavy atom. The van der Waals surface area contributed by atoms with Crippen LogP contribution in [-0.2, 0) is 4.79 Å². The van der Waals surface area contributed by atoms with E-state index >= 15 is 0 Å². The van der Waals surface area contributed by atoms with Gasteiger partial charge in [-0.3, -0.25) is 20.2 Å². The van der Waals surface area contributed by atoms with Gasteiger partial charge in [-0.05, 0) is 42.0 Å². The molecule has 0 saturated carbocycles. The van der Waals surface area contributed by atoms with E-state index in [2.05, 4.69) is 10.3 Å². The minimum atomic E-state index is -0.473. The summed E-state index contributed by atoms with van der Waals surface area (Å²) in [6.07, 6.45) is 2.92. The van der Waals surface area contributed by atoms with E-state index in [0.717, 1.165) is 10.2 Å². The topological polar surface area (TPSA) is 85.1 Å². The third-order valence-corrected chi connectivity index (χ3v) is 4.28. The molecule has 3 aromatic rings. The molecule has 0 aliphatic carbocycles. The molecular formula is C16H10ClN3O3S. The van der Waals surface area contributed by atoms with Gasteiger partial charge in [0.2, 0.25) is 5.91 Å². The van der Waals surface area contributed by atoms with Crippen molar-refractivity contribution in [3.63, 3.8) is 0 Å². The zero-order valence-corrected chi connectivity index (χ0v) is 13.7. The third-order valence-electron chi connectivity index (χ3n) is 3.11. The Balaban J connectivity index is 1.68. The maximum atomic E-state index is 11.9. The monoisotopic (exact) mass is 359 g/mol. The smallest absolute Gasteiger partial charge is 0.269 e. The van der Waals surface area contributed by atoms with Crippen molar-refractivity contribution in [2.45, 2.75) is 0 Å². The molecule has 0 radical (unpaired) electrons. The van der Waals surface area contributed by atoms with Gasteiger partial charge in [-0.15, -0.1) is 0 Å². The van der Waals surface area contributed by atoms with Gasteiger partial charge in [0.05, 0.1) is 15.1 Å². The van der Waals surface area contributed by atoms with E-state index in [1.807, 2.05) is 0 Å². The zero-order chi connectivity index (χ0) is 17.1. The molecule has 8 heteroatoms. The van der Waals surface area contributed by atoms with Crippen molar-refractivity contribution in [1.29, 1.82) is 0 Å². The fraction of sp³-hybridized carbons (Fsp3) is 0. The van der Waals surface area contributed by atoms with E-state index in [1.165, 1.54) is 29.5 Å². The van der Waals surface area contributed by atoms with E-state index < -0.39 is 4.92 Å². The molecule has 2 aromatic carbocycles. The summed E-state index contributed by atoms with van der Waals surface area (Å²) < 4.78 is 0.886. The van der Waals surface area contributed by atoms with Crippen molar-refractivity contribution in [3.05, 3.63) is 69.2 Å². The van der Waals surface area contributed by atoms with E-state index in [-0.39, 0.29) is 11.6 Å². The third kappa shape index (κ3) is 3.76. The number of nitro groups is 1. The summed E-state index contributed by atoms with van der Waals surface area (Å²) in [5, 5.41) is 14.4. The second kappa shape index (κ2) is 6.77. The number of hydrogen-bond acceptors (Lipinski definition) is 5. The molecule has 0 saturated heterocycles. The van der Waals surface area contributed by atoms with E-state index in [4.69, 9.17) is 11.6 Å². The van der Waals surface area contributed by atoms with Gasteiger partial charge in [0, 0.05) is 23.2 Å². The predicted octanol–water partition coefficient (Wildman–Crippen LogP) is 4.51. The highest BCUT2D eigenvalue weighted by Crippen LogP contribution is 2.28. The molecule has 0 unspecified atom stereocenters. The second-order valence-corrected chi connectivity index (χ2v) is 6.27. The summed E-state index contributed by atoms with van der Waals surface area (Å²) in [5.41, 5.74) is 1.45.